The van der Waals surface area contributed by atoms with Crippen LogP contribution in [-0.4, -0.2) is 23.7 Å². The smallest absolute Gasteiger partial charge is 0.165 e. The summed E-state index contributed by atoms with van der Waals surface area (Å²) >= 11 is 0. The molecule has 4 aromatic heterocycles. The fourth-order valence-electron chi connectivity index (χ4n) is 7.08. The molecule has 0 saturated heterocycles. The van der Waals surface area contributed by atoms with Crippen molar-refractivity contribution in [2.75, 3.05) is 0 Å². The van der Waals surface area contributed by atoms with Crippen LogP contribution in [0.1, 0.15) is 6.92 Å². The van der Waals surface area contributed by atoms with Crippen LogP contribution in [0.3, 0.4) is 0 Å². The fraction of sp³-hybridized carbons (Fsp3) is 0.0233. The SMILES string of the molecule is C=C/C(=C\C=C/C)n1c(-c2ccccc2)nc2c1c1ccc3c4ccccc4n(-c4ccc5ccccc5n4)c3c1n2-c1ccccc1. The highest BCUT2D eigenvalue weighted by Crippen LogP contribution is 2.43. The van der Waals surface area contributed by atoms with E-state index in [4.69, 9.17) is 9.97 Å². The number of allylic oxidation sites excluding steroid dienone is 5. The molecule has 0 spiro atoms. The second-order valence-electron chi connectivity index (χ2n) is 11.9. The van der Waals surface area contributed by atoms with Gasteiger partial charge in [0.2, 0.25) is 0 Å². The minimum absolute atomic E-state index is 0.861. The minimum atomic E-state index is 0.861. The van der Waals surface area contributed by atoms with Crippen LogP contribution in [0, 0.1) is 0 Å². The van der Waals surface area contributed by atoms with E-state index in [1.54, 1.807) is 0 Å². The molecule has 0 aliphatic rings. The summed E-state index contributed by atoms with van der Waals surface area (Å²) < 4.78 is 6.90. The first-order valence-corrected chi connectivity index (χ1v) is 16.2. The average Bonchev–Trinajstić information content (AvgIpc) is 3.80. The molecule has 5 aromatic carbocycles. The molecule has 0 bridgehead atoms. The van der Waals surface area contributed by atoms with Crippen LogP contribution in [0.25, 0.3) is 83.4 Å². The molecular weight excluding hydrogens is 587 g/mol. The second-order valence-corrected chi connectivity index (χ2v) is 11.9. The summed E-state index contributed by atoms with van der Waals surface area (Å²) in [5, 5.41) is 4.54. The monoisotopic (exact) mass is 617 g/mol. The van der Waals surface area contributed by atoms with Gasteiger partial charge in [-0.05, 0) is 61.5 Å². The van der Waals surface area contributed by atoms with Crippen LogP contribution in [0.5, 0.6) is 0 Å². The van der Waals surface area contributed by atoms with Gasteiger partial charge in [-0.3, -0.25) is 13.7 Å². The number of nitrogens with zero attached hydrogens (tertiary/aromatic N) is 5. The fourth-order valence-corrected chi connectivity index (χ4v) is 7.08. The van der Waals surface area contributed by atoms with Crippen molar-refractivity contribution in [3.63, 3.8) is 0 Å². The van der Waals surface area contributed by atoms with Crippen molar-refractivity contribution >= 4 is 60.5 Å². The third-order valence-electron chi connectivity index (χ3n) is 9.15. The normalized spacial score (nSPS) is 12.4. The Balaban J connectivity index is 1.52. The molecule has 5 nitrogen and oxygen atoms in total. The van der Waals surface area contributed by atoms with Gasteiger partial charge in [-0.25, -0.2) is 9.97 Å². The van der Waals surface area contributed by atoms with Gasteiger partial charge in [0.05, 0.1) is 22.1 Å². The van der Waals surface area contributed by atoms with E-state index in [1.165, 1.54) is 5.39 Å². The zero-order chi connectivity index (χ0) is 32.2. The maximum atomic E-state index is 5.47. The number of hydrogen-bond acceptors (Lipinski definition) is 2. The van der Waals surface area contributed by atoms with Crippen LogP contribution < -0.4 is 0 Å². The van der Waals surface area contributed by atoms with Gasteiger partial charge < -0.3 is 0 Å². The molecule has 0 unspecified atom stereocenters. The lowest BCUT2D eigenvalue weighted by atomic mass is 10.1. The molecule has 0 fully saturated rings. The number of fused-ring (bicyclic) bond motifs is 8. The number of aromatic nitrogens is 5. The summed E-state index contributed by atoms with van der Waals surface area (Å²) in [6.07, 6.45) is 8.09. The van der Waals surface area contributed by atoms with Crippen LogP contribution in [0.4, 0.5) is 0 Å². The summed E-state index contributed by atoms with van der Waals surface area (Å²) in [7, 11) is 0. The molecule has 4 heterocycles. The molecule has 0 N–H and O–H groups in total. The van der Waals surface area contributed by atoms with E-state index >= 15 is 0 Å². The van der Waals surface area contributed by atoms with Gasteiger partial charge in [0.1, 0.15) is 17.2 Å². The first kappa shape index (κ1) is 27.8. The number of benzene rings is 5. The topological polar surface area (TPSA) is 40.6 Å². The first-order valence-electron chi connectivity index (χ1n) is 16.2. The Morgan fingerprint density at radius 3 is 2.15 bits per heavy atom. The lowest BCUT2D eigenvalue weighted by molar-refractivity contribution is 1.09. The standard InChI is InChI=1S/C43H31N5/c1-3-5-19-31(4-2)46-41-35-27-26-34-33-22-13-15-24-37(33)48(38-28-25-29-16-12-14-23-36(29)44-38)39(34)40(35)47(32-20-10-7-11-21-32)43(41)45-42(46)30-17-8-6-9-18-30/h3-28H,2H2,1H3/b5-3-,31-19+. The van der Waals surface area contributed by atoms with Gasteiger partial charge in [-0.1, -0.05) is 110 Å². The molecule has 0 aliphatic heterocycles. The van der Waals surface area contributed by atoms with Gasteiger partial charge in [0, 0.05) is 38.5 Å². The molecule has 0 atom stereocenters. The van der Waals surface area contributed by atoms with Gasteiger partial charge in [0.15, 0.2) is 5.65 Å². The van der Waals surface area contributed by atoms with Crippen molar-refractivity contribution in [2.24, 2.45) is 0 Å². The quantitative estimate of drug-likeness (QED) is 0.174. The Kier molecular flexibility index (Phi) is 6.44. The highest BCUT2D eigenvalue weighted by Gasteiger charge is 2.27. The van der Waals surface area contributed by atoms with Crippen molar-refractivity contribution in [2.45, 2.75) is 6.92 Å². The van der Waals surface area contributed by atoms with Crippen molar-refractivity contribution in [1.29, 1.82) is 0 Å². The molecule has 0 saturated carbocycles. The maximum absolute atomic E-state index is 5.47. The summed E-state index contributed by atoms with van der Waals surface area (Å²) in [6.45, 7) is 6.27. The molecule has 0 amide bonds. The average molecular weight is 618 g/mol. The summed E-state index contributed by atoms with van der Waals surface area (Å²) in [4.78, 5) is 10.7. The lowest BCUT2D eigenvalue weighted by Gasteiger charge is -2.13. The third-order valence-corrected chi connectivity index (χ3v) is 9.15. The molecule has 0 aliphatic carbocycles. The van der Waals surface area contributed by atoms with Crippen molar-refractivity contribution in [3.8, 4) is 22.9 Å². The Bertz CT molecular complexity index is 2740. The zero-order valence-corrected chi connectivity index (χ0v) is 26.5. The minimum Gasteiger partial charge on any atom is -0.292 e. The van der Waals surface area contributed by atoms with Crippen LogP contribution in [0.15, 0.2) is 164 Å². The van der Waals surface area contributed by atoms with Crippen molar-refractivity contribution in [3.05, 3.63) is 164 Å². The summed E-state index contributed by atoms with van der Waals surface area (Å²) in [5.41, 5.74) is 9.14. The van der Waals surface area contributed by atoms with Crippen molar-refractivity contribution in [1.82, 2.24) is 23.7 Å². The molecule has 0 radical (unpaired) electrons. The van der Waals surface area contributed by atoms with Gasteiger partial charge in [-0.15, -0.1) is 0 Å². The largest absolute Gasteiger partial charge is 0.292 e. The highest BCUT2D eigenvalue weighted by atomic mass is 15.2. The van der Waals surface area contributed by atoms with Crippen LogP contribution in [-0.2, 0) is 0 Å². The molecule has 5 heteroatoms. The van der Waals surface area contributed by atoms with E-state index in [0.717, 1.165) is 78.0 Å². The van der Waals surface area contributed by atoms with Crippen molar-refractivity contribution < 1.29 is 0 Å². The number of imidazole rings is 1. The highest BCUT2D eigenvalue weighted by molar-refractivity contribution is 6.23. The predicted octanol–water partition coefficient (Wildman–Crippen LogP) is 10.9. The van der Waals surface area contributed by atoms with E-state index in [9.17, 15) is 0 Å². The van der Waals surface area contributed by atoms with E-state index in [-0.39, 0.29) is 0 Å². The van der Waals surface area contributed by atoms with E-state index in [2.05, 4.69) is 154 Å². The van der Waals surface area contributed by atoms with Gasteiger partial charge in [0.25, 0.3) is 0 Å². The third kappa shape index (κ3) is 4.11. The van der Waals surface area contributed by atoms with E-state index < -0.39 is 0 Å². The molecule has 48 heavy (non-hydrogen) atoms. The Morgan fingerprint density at radius 2 is 1.33 bits per heavy atom. The number of rotatable bonds is 6. The molecular formula is C43H31N5. The lowest BCUT2D eigenvalue weighted by Crippen LogP contribution is -2.01. The molecule has 9 rings (SSSR count). The van der Waals surface area contributed by atoms with Crippen LogP contribution in [0.2, 0.25) is 0 Å². The van der Waals surface area contributed by atoms with Gasteiger partial charge >= 0.3 is 0 Å². The van der Waals surface area contributed by atoms with E-state index in [0.29, 0.717) is 0 Å². The molecule has 228 valence electrons. The second kappa shape index (κ2) is 11.1. The number of hydrogen-bond donors (Lipinski definition) is 0. The summed E-state index contributed by atoms with van der Waals surface area (Å²) in [5.74, 6) is 1.73. The van der Waals surface area contributed by atoms with Gasteiger partial charge in [-0.2, -0.15) is 0 Å². The van der Waals surface area contributed by atoms with E-state index in [1.807, 2.05) is 31.2 Å². The Hall–Kier alpha value is -6.46. The maximum Gasteiger partial charge on any atom is 0.165 e. The Labute approximate surface area is 277 Å². The Morgan fingerprint density at radius 1 is 0.625 bits per heavy atom. The predicted molar refractivity (Wildman–Crippen MR) is 201 cm³/mol. The van der Waals surface area contributed by atoms with Crippen LogP contribution >= 0.6 is 0 Å². The summed E-state index contributed by atoms with van der Waals surface area (Å²) in [6, 6.07) is 46.6. The number of pyridine rings is 1. The zero-order valence-electron chi connectivity index (χ0n) is 26.5. The molecule has 9 aromatic rings. The number of para-hydroxylation sites is 3. The first-order chi connectivity index (χ1) is 23.8.